The number of H-pyrrole nitrogens is 1. The van der Waals surface area contributed by atoms with Crippen LogP contribution in [0.3, 0.4) is 0 Å². The van der Waals surface area contributed by atoms with E-state index >= 15 is 0 Å². The SMILES string of the molecule is Cc1nn(C)c(C)c1C(=O)N(Cc1cccnc1)Cc1cnc(-c2ccccc2)[nH]1. The van der Waals surface area contributed by atoms with E-state index in [9.17, 15) is 4.79 Å². The van der Waals surface area contributed by atoms with Gasteiger partial charge in [-0.3, -0.25) is 14.5 Å². The van der Waals surface area contributed by atoms with Gasteiger partial charge < -0.3 is 9.88 Å². The van der Waals surface area contributed by atoms with Crippen LogP contribution < -0.4 is 0 Å². The number of carbonyl (C=O) groups is 1. The van der Waals surface area contributed by atoms with E-state index in [1.54, 1.807) is 28.2 Å². The van der Waals surface area contributed by atoms with Gasteiger partial charge in [-0.1, -0.05) is 36.4 Å². The summed E-state index contributed by atoms with van der Waals surface area (Å²) in [6, 6.07) is 13.8. The molecule has 3 heterocycles. The van der Waals surface area contributed by atoms with Crippen molar-refractivity contribution in [3.63, 3.8) is 0 Å². The molecule has 3 aromatic heterocycles. The lowest BCUT2D eigenvalue weighted by Gasteiger charge is -2.22. The summed E-state index contributed by atoms with van der Waals surface area (Å²) in [5.41, 5.74) is 5.06. The molecule has 0 unspecified atom stereocenters. The highest BCUT2D eigenvalue weighted by atomic mass is 16.2. The van der Waals surface area contributed by atoms with Crippen molar-refractivity contribution >= 4 is 5.91 Å². The van der Waals surface area contributed by atoms with Crippen LogP contribution in [0.4, 0.5) is 0 Å². The van der Waals surface area contributed by atoms with E-state index < -0.39 is 0 Å². The Morgan fingerprint density at radius 1 is 1.07 bits per heavy atom. The molecule has 7 nitrogen and oxygen atoms in total. The summed E-state index contributed by atoms with van der Waals surface area (Å²) in [5.74, 6) is 0.728. The first-order chi connectivity index (χ1) is 14.5. The third-order valence-electron chi connectivity index (χ3n) is 5.14. The van der Waals surface area contributed by atoms with Crippen LogP contribution >= 0.6 is 0 Å². The minimum Gasteiger partial charge on any atom is -0.340 e. The van der Waals surface area contributed by atoms with Crippen LogP contribution in [0.25, 0.3) is 11.4 Å². The number of hydrogen-bond acceptors (Lipinski definition) is 4. The molecule has 1 amide bonds. The maximum absolute atomic E-state index is 13.5. The van der Waals surface area contributed by atoms with E-state index in [1.807, 2.05) is 63.4 Å². The number of carbonyl (C=O) groups excluding carboxylic acids is 1. The van der Waals surface area contributed by atoms with Crippen LogP contribution in [0.15, 0.2) is 61.1 Å². The van der Waals surface area contributed by atoms with Crippen molar-refractivity contribution in [2.24, 2.45) is 7.05 Å². The predicted octanol–water partition coefficient (Wildman–Crippen LogP) is 3.66. The topological polar surface area (TPSA) is 79.7 Å². The number of amides is 1. The molecule has 152 valence electrons. The first-order valence-electron chi connectivity index (χ1n) is 9.80. The minimum absolute atomic E-state index is 0.0576. The number of rotatable bonds is 6. The third-order valence-corrected chi connectivity index (χ3v) is 5.14. The summed E-state index contributed by atoms with van der Waals surface area (Å²) in [4.78, 5) is 27.3. The lowest BCUT2D eigenvalue weighted by molar-refractivity contribution is 0.0726. The summed E-state index contributed by atoms with van der Waals surface area (Å²) < 4.78 is 1.74. The average Bonchev–Trinajstić information content (AvgIpc) is 3.32. The summed E-state index contributed by atoms with van der Waals surface area (Å²) in [6.07, 6.45) is 5.30. The summed E-state index contributed by atoms with van der Waals surface area (Å²) >= 11 is 0. The molecule has 0 radical (unpaired) electrons. The molecule has 0 saturated carbocycles. The van der Waals surface area contributed by atoms with Crippen molar-refractivity contribution < 1.29 is 4.79 Å². The molecule has 0 aliphatic rings. The van der Waals surface area contributed by atoms with Gasteiger partial charge in [0.05, 0.1) is 29.7 Å². The van der Waals surface area contributed by atoms with E-state index in [0.717, 1.165) is 34.0 Å². The lowest BCUT2D eigenvalue weighted by Crippen LogP contribution is -2.31. The molecule has 0 atom stereocenters. The van der Waals surface area contributed by atoms with Crippen LogP contribution in [-0.2, 0) is 20.1 Å². The molecule has 1 aromatic carbocycles. The zero-order valence-corrected chi connectivity index (χ0v) is 17.3. The highest BCUT2D eigenvalue weighted by Gasteiger charge is 2.24. The van der Waals surface area contributed by atoms with Gasteiger partial charge in [0, 0.05) is 37.2 Å². The average molecular weight is 400 g/mol. The van der Waals surface area contributed by atoms with E-state index in [0.29, 0.717) is 18.7 Å². The zero-order chi connectivity index (χ0) is 21.1. The normalized spacial score (nSPS) is 10.9. The molecular weight excluding hydrogens is 376 g/mol. The summed E-state index contributed by atoms with van der Waals surface area (Å²) in [5, 5.41) is 4.41. The molecule has 4 aromatic rings. The Kier molecular flexibility index (Phi) is 5.43. The maximum atomic E-state index is 13.5. The van der Waals surface area contributed by atoms with Gasteiger partial charge in [-0.15, -0.1) is 0 Å². The van der Waals surface area contributed by atoms with Crippen LogP contribution in [0.1, 0.15) is 33.0 Å². The second-order valence-corrected chi connectivity index (χ2v) is 7.31. The van der Waals surface area contributed by atoms with Gasteiger partial charge in [0.2, 0.25) is 0 Å². The fourth-order valence-corrected chi connectivity index (χ4v) is 3.54. The Bertz CT molecular complexity index is 1150. The van der Waals surface area contributed by atoms with Gasteiger partial charge in [0.1, 0.15) is 5.82 Å². The van der Waals surface area contributed by atoms with E-state index in [1.165, 1.54) is 0 Å². The van der Waals surface area contributed by atoms with Gasteiger partial charge >= 0.3 is 0 Å². The lowest BCUT2D eigenvalue weighted by atomic mass is 10.1. The molecule has 7 heteroatoms. The molecule has 0 saturated heterocycles. The Morgan fingerprint density at radius 3 is 2.53 bits per heavy atom. The number of pyridine rings is 1. The van der Waals surface area contributed by atoms with Crippen LogP contribution in [0.5, 0.6) is 0 Å². The minimum atomic E-state index is -0.0576. The molecule has 30 heavy (non-hydrogen) atoms. The molecule has 1 N–H and O–H groups in total. The highest BCUT2D eigenvalue weighted by molar-refractivity contribution is 5.96. The molecule has 4 rings (SSSR count). The van der Waals surface area contributed by atoms with Crippen molar-refractivity contribution in [1.29, 1.82) is 0 Å². The number of aromatic amines is 1. The maximum Gasteiger partial charge on any atom is 0.258 e. The summed E-state index contributed by atoms with van der Waals surface area (Å²) in [6.45, 7) is 4.63. The van der Waals surface area contributed by atoms with Gasteiger partial charge in [-0.2, -0.15) is 5.10 Å². The number of hydrogen-bond donors (Lipinski definition) is 1. The van der Waals surface area contributed by atoms with Gasteiger partial charge in [0.25, 0.3) is 5.91 Å². The zero-order valence-electron chi connectivity index (χ0n) is 17.3. The number of aromatic nitrogens is 5. The molecule has 0 aliphatic carbocycles. The van der Waals surface area contributed by atoms with Crippen molar-refractivity contribution in [3.05, 3.63) is 89.3 Å². The Hall–Kier alpha value is -3.74. The first kappa shape index (κ1) is 19.6. The third kappa shape index (κ3) is 4.00. The second-order valence-electron chi connectivity index (χ2n) is 7.31. The molecule has 0 bridgehead atoms. The van der Waals surface area contributed by atoms with Gasteiger partial charge in [-0.25, -0.2) is 4.98 Å². The van der Waals surface area contributed by atoms with Crippen LogP contribution in [-0.4, -0.2) is 35.5 Å². The Morgan fingerprint density at radius 2 is 1.87 bits per heavy atom. The second kappa shape index (κ2) is 8.32. The largest absolute Gasteiger partial charge is 0.340 e. The van der Waals surface area contributed by atoms with Crippen molar-refractivity contribution in [2.75, 3.05) is 0 Å². The first-order valence-corrected chi connectivity index (χ1v) is 9.80. The number of aryl methyl sites for hydroxylation is 2. The number of imidazole rings is 1. The van der Waals surface area contributed by atoms with E-state index in [4.69, 9.17) is 0 Å². The monoisotopic (exact) mass is 400 g/mol. The van der Waals surface area contributed by atoms with Gasteiger partial charge in [0.15, 0.2) is 0 Å². The quantitative estimate of drug-likeness (QED) is 0.536. The van der Waals surface area contributed by atoms with E-state index in [2.05, 4.69) is 20.1 Å². The summed E-state index contributed by atoms with van der Waals surface area (Å²) in [7, 11) is 1.85. The Balaban J connectivity index is 1.64. The Labute approximate surface area is 175 Å². The molecule has 0 aliphatic heterocycles. The van der Waals surface area contributed by atoms with E-state index in [-0.39, 0.29) is 5.91 Å². The molecule has 0 spiro atoms. The number of nitrogens with one attached hydrogen (secondary N) is 1. The van der Waals surface area contributed by atoms with Crippen molar-refractivity contribution in [3.8, 4) is 11.4 Å². The van der Waals surface area contributed by atoms with Crippen molar-refractivity contribution in [2.45, 2.75) is 26.9 Å². The van der Waals surface area contributed by atoms with Crippen molar-refractivity contribution in [1.82, 2.24) is 29.6 Å². The number of nitrogens with zero attached hydrogens (tertiary/aromatic N) is 5. The van der Waals surface area contributed by atoms with Gasteiger partial charge in [-0.05, 0) is 25.5 Å². The molecule has 0 fully saturated rings. The smallest absolute Gasteiger partial charge is 0.258 e. The standard InChI is InChI=1S/C23H24N6O/c1-16-21(17(2)28(3)27-16)23(30)29(14-18-8-7-11-24-12-18)15-20-13-25-22(26-20)19-9-5-4-6-10-19/h4-13H,14-15H2,1-3H3,(H,25,26). The van der Waals surface area contributed by atoms with Crippen LogP contribution in [0, 0.1) is 13.8 Å². The van der Waals surface area contributed by atoms with Crippen LogP contribution in [0.2, 0.25) is 0 Å². The highest BCUT2D eigenvalue weighted by Crippen LogP contribution is 2.20. The molecular formula is C23H24N6O. The predicted molar refractivity (Wildman–Crippen MR) is 115 cm³/mol. The number of benzene rings is 1. The fourth-order valence-electron chi connectivity index (χ4n) is 3.54. The fraction of sp³-hybridized carbons (Fsp3) is 0.217.